The summed E-state index contributed by atoms with van der Waals surface area (Å²) in [5, 5.41) is 6.23. The van der Waals surface area contributed by atoms with Crippen molar-refractivity contribution in [1.82, 2.24) is 5.16 Å². The van der Waals surface area contributed by atoms with E-state index in [0.717, 1.165) is 5.69 Å². The lowest BCUT2D eigenvalue weighted by Gasteiger charge is -1.93. The van der Waals surface area contributed by atoms with Crippen LogP contribution in [0.15, 0.2) is 10.6 Å². The number of hydrogen-bond donors (Lipinski definition) is 1. The van der Waals surface area contributed by atoms with E-state index in [2.05, 4.69) is 37.2 Å². The molecule has 0 aliphatic rings. The summed E-state index contributed by atoms with van der Waals surface area (Å²) in [6.07, 6.45) is 0. The van der Waals surface area contributed by atoms with E-state index in [1.165, 1.54) is 0 Å². The normalized spacial score (nSPS) is 9.43. The molecule has 1 N–H and O–H groups in total. The Morgan fingerprint density at radius 2 is 2.43 bits per heavy atom. The highest BCUT2D eigenvalue weighted by Crippen LogP contribution is 2.16. The van der Waals surface area contributed by atoms with E-state index in [1.54, 1.807) is 6.07 Å². The highest BCUT2D eigenvalue weighted by Gasteiger charge is 2.08. The Kier molecular flexibility index (Phi) is 3.72. The fourth-order valence-electron chi connectivity index (χ4n) is 0.806. The van der Waals surface area contributed by atoms with Gasteiger partial charge in [-0.2, -0.15) is 0 Å². The van der Waals surface area contributed by atoms with Gasteiger partial charge in [0.15, 0.2) is 0 Å². The summed E-state index contributed by atoms with van der Waals surface area (Å²) in [4.78, 5) is 13.3. The molecule has 74 valence electrons. The molecule has 0 aromatic carbocycles. The number of anilines is 1. The van der Waals surface area contributed by atoms with E-state index in [-0.39, 0.29) is 5.92 Å². The molecule has 0 bridgehead atoms. The highest BCUT2D eigenvalue weighted by atomic mass is 79.9. The zero-order valence-electron chi connectivity index (χ0n) is 7.80. The molecule has 0 radical (unpaired) electrons. The average molecular weight is 257 g/mol. The molecule has 0 aliphatic heterocycles. The van der Waals surface area contributed by atoms with Gasteiger partial charge in [-0.1, -0.05) is 19.0 Å². The molecule has 5 heteroatoms. The quantitative estimate of drug-likeness (QED) is 0.825. The molecule has 0 unspecified atom stereocenters. The lowest BCUT2D eigenvalue weighted by molar-refractivity contribution is -0.111. The fraction of sp³-hybridized carbons (Fsp3) is 0.333. The zero-order chi connectivity index (χ0) is 10.6. The van der Waals surface area contributed by atoms with Gasteiger partial charge in [-0.05, 0) is 10.7 Å². The van der Waals surface area contributed by atoms with Gasteiger partial charge >= 0.3 is 5.91 Å². The van der Waals surface area contributed by atoms with Gasteiger partial charge in [0.2, 0.25) is 5.88 Å². The van der Waals surface area contributed by atoms with E-state index in [0.29, 0.717) is 5.88 Å². The van der Waals surface area contributed by atoms with Crippen molar-refractivity contribution in [2.24, 2.45) is 0 Å². The van der Waals surface area contributed by atoms with E-state index >= 15 is 0 Å². The minimum atomic E-state index is -0.437. The maximum Gasteiger partial charge on any atom is 0.303 e. The largest absolute Gasteiger partial charge is 0.338 e. The second-order valence-electron chi connectivity index (χ2n) is 2.94. The van der Waals surface area contributed by atoms with Crippen molar-refractivity contribution < 1.29 is 9.32 Å². The second-order valence-corrected chi connectivity index (χ2v) is 3.34. The van der Waals surface area contributed by atoms with Crippen LogP contribution in [0.5, 0.6) is 0 Å². The van der Waals surface area contributed by atoms with Crippen molar-refractivity contribution in [2.75, 3.05) is 5.32 Å². The lowest BCUT2D eigenvalue weighted by atomic mass is 10.1. The molecular formula is C9H9BrN2O2. The van der Waals surface area contributed by atoms with E-state index in [1.807, 2.05) is 13.8 Å². The molecule has 1 aromatic rings. The minimum absolute atomic E-state index is 0.270. The molecule has 0 saturated carbocycles. The molecule has 0 atom stereocenters. The average Bonchev–Trinajstić information content (AvgIpc) is 2.53. The molecule has 1 aromatic heterocycles. The molecule has 4 nitrogen and oxygen atoms in total. The fourth-order valence-corrected chi connectivity index (χ4v) is 0.986. The molecular weight excluding hydrogens is 248 g/mol. The number of carbonyl (C=O) groups excluding carboxylic acids is 1. The third-order valence-corrected chi connectivity index (χ3v) is 1.72. The van der Waals surface area contributed by atoms with E-state index in [9.17, 15) is 4.79 Å². The van der Waals surface area contributed by atoms with Crippen molar-refractivity contribution in [3.8, 4) is 10.8 Å². The van der Waals surface area contributed by atoms with Crippen molar-refractivity contribution in [3.05, 3.63) is 11.8 Å². The number of hydrogen-bond acceptors (Lipinski definition) is 3. The number of aromatic nitrogens is 1. The van der Waals surface area contributed by atoms with Crippen LogP contribution in [0.1, 0.15) is 25.5 Å². The molecule has 1 amide bonds. The molecule has 0 aliphatic carbocycles. The molecule has 1 rings (SSSR count). The Morgan fingerprint density at radius 1 is 1.71 bits per heavy atom. The van der Waals surface area contributed by atoms with Crippen LogP contribution in [0.2, 0.25) is 0 Å². The smallest absolute Gasteiger partial charge is 0.303 e. The molecule has 0 saturated heterocycles. The van der Waals surface area contributed by atoms with Crippen molar-refractivity contribution >= 4 is 27.7 Å². The van der Waals surface area contributed by atoms with E-state index < -0.39 is 5.91 Å². The third-order valence-electron chi connectivity index (χ3n) is 1.52. The second kappa shape index (κ2) is 4.82. The monoisotopic (exact) mass is 256 g/mol. The summed E-state index contributed by atoms with van der Waals surface area (Å²) < 4.78 is 4.88. The van der Waals surface area contributed by atoms with Crippen LogP contribution in [0, 0.1) is 10.8 Å². The number of nitrogens with zero attached hydrogens (tertiary/aromatic N) is 1. The molecule has 0 spiro atoms. The van der Waals surface area contributed by atoms with Crippen LogP contribution >= 0.6 is 15.9 Å². The van der Waals surface area contributed by atoms with Crippen LogP contribution in [0.3, 0.4) is 0 Å². The topological polar surface area (TPSA) is 55.1 Å². The van der Waals surface area contributed by atoms with E-state index in [4.69, 9.17) is 4.52 Å². The number of carbonyl (C=O) groups is 1. The van der Waals surface area contributed by atoms with Crippen molar-refractivity contribution in [2.45, 2.75) is 19.8 Å². The maximum atomic E-state index is 11.0. The minimum Gasteiger partial charge on any atom is -0.338 e. The van der Waals surface area contributed by atoms with Gasteiger partial charge in [0.25, 0.3) is 0 Å². The Bertz CT molecular complexity index is 387. The van der Waals surface area contributed by atoms with Crippen LogP contribution in [-0.4, -0.2) is 11.1 Å². The van der Waals surface area contributed by atoms with Crippen LogP contribution in [-0.2, 0) is 4.79 Å². The van der Waals surface area contributed by atoms with Gasteiger partial charge in [-0.15, -0.1) is 0 Å². The Morgan fingerprint density at radius 3 is 2.93 bits per heavy atom. The van der Waals surface area contributed by atoms with Gasteiger partial charge in [0, 0.05) is 27.9 Å². The number of halogens is 1. The molecule has 14 heavy (non-hydrogen) atoms. The first-order valence-electron chi connectivity index (χ1n) is 4.02. The first kappa shape index (κ1) is 10.8. The van der Waals surface area contributed by atoms with Crippen LogP contribution < -0.4 is 5.32 Å². The predicted octanol–water partition coefficient (Wildman–Crippen LogP) is 2.09. The van der Waals surface area contributed by atoms with Crippen LogP contribution in [0.4, 0.5) is 5.88 Å². The SMILES string of the molecule is CC(C)c1cc(NC(=O)C#CBr)on1. The summed E-state index contributed by atoms with van der Waals surface area (Å²) in [6, 6.07) is 1.68. The molecule has 0 fully saturated rings. The Balaban J connectivity index is 2.67. The van der Waals surface area contributed by atoms with Gasteiger partial charge in [0.05, 0.1) is 5.69 Å². The standard InChI is InChI=1S/C9H9BrN2O2/c1-6(2)7-5-9(14-12-7)11-8(13)3-4-10/h5-6H,1-2H3,(H,11,13). The number of amides is 1. The summed E-state index contributed by atoms with van der Waals surface area (Å²) in [5.41, 5.74) is 0.798. The van der Waals surface area contributed by atoms with Gasteiger partial charge in [-0.3, -0.25) is 10.1 Å². The summed E-state index contributed by atoms with van der Waals surface area (Å²) in [6.45, 7) is 3.98. The third kappa shape index (κ3) is 2.89. The van der Waals surface area contributed by atoms with Gasteiger partial charge in [0.1, 0.15) is 0 Å². The summed E-state index contributed by atoms with van der Waals surface area (Å²) in [5.74, 6) is 2.41. The Labute approximate surface area is 90.2 Å². The maximum absolute atomic E-state index is 11.0. The van der Waals surface area contributed by atoms with Crippen molar-refractivity contribution in [3.63, 3.8) is 0 Å². The zero-order valence-corrected chi connectivity index (χ0v) is 9.38. The van der Waals surface area contributed by atoms with Crippen LogP contribution in [0.25, 0.3) is 0 Å². The first-order chi connectivity index (χ1) is 6.63. The van der Waals surface area contributed by atoms with Crippen molar-refractivity contribution in [1.29, 1.82) is 0 Å². The summed E-state index contributed by atoms with van der Waals surface area (Å²) >= 11 is 2.82. The van der Waals surface area contributed by atoms with Gasteiger partial charge in [-0.25, -0.2) is 0 Å². The van der Waals surface area contributed by atoms with Gasteiger partial charge < -0.3 is 4.52 Å². The number of nitrogens with one attached hydrogen (secondary N) is 1. The predicted molar refractivity (Wildman–Crippen MR) is 55.9 cm³/mol. The Hall–Kier alpha value is -1.28. The number of rotatable bonds is 2. The lowest BCUT2D eigenvalue weighted by Crippen LogP contribution is -2.07. The summed E-state index contributed by atoms with van der Waals surface area (Å²) in [7, 11) is 0. The first-order valence-corrected chi connectivity index (χ1v) is 4.82. The highest BCUT2D eigenvalue weighted by molar-refractivity contribution is 9.12. The molecule has 1 heterocycles.